The lowest BCUT2D eigenvalue weighted by atomic mass is 9.74. The first-order valence-electron chi connectivity index (χ1n) is 46.6. The monoisotopic (exact) mass is 1850 g/mol. The third-order valence-corrected chi connectivity index (χ3v) is 35.0. The Balaban J connectivity index is 0.000000134. The van der Waals surface area contributed by atoms with Crippen molar-refractivity contribution in [1.29, 1.82) is 0 Å². The maximum atomic E-state index is 13.5. The van der Waals surface area contributed by atoms with E-state index < -0.39 is 45.9 Å². The third kappa shape index (κ3) is 22.2. The molecule has 698 valence electrons. The van der Waals surface area contributed by atoms with Crippen LogP contribution in [0.5, 0.6) is 0 Å². The van der Waals surface area contributed by atoms with Crippen LogP contribution in [0.3, 0.4) is 0 Å². The lowest BCUT2D eigenvalue weighted by Crippen LogP contribution is -2.68. The number of hydrogen-bond acceptors (Lipinski definition) is 16. The summed E-state index contributed by atoms with van der Waals surface area (Å²) in [5.74, 6) is 0.441. The van der Waals surface area contributed by atoms with Crippen molar-refractivity contribution >= 4 is 40.1 Å². The summed E-state index contributed by atoms with van der Waals surface area (Å²) in [6, 6.07) is 84.6. The van der Waals surface area contributed by atoms with Gasteiger partial charge in [-0.3, -0.25) is 19.6 Å². The Bertz CT molecular complexity index is 5930. The van der Waals surface area contributed by atoms with Crippen molar-refractivity contribution in [1.82, 2.24) is 36.8 Å². The van der Waals surface area contributed by atoms with E-state index in [1.165, 1.54) is 126 Å². The smallest absolute Gasteiger partial charge is 0.243 e. The predicted octanol–water partition coefficient (Wildman–Crippen LogP) is 16.5. The van der Waals surface area contributed by atoms with Gasteiger partial charge in [-0.1, -0.05) is 224 Å². The zero-order valence-corrected chi connectivity index (χ0v) is 80.6. The number of halogens is 1. The van der Waals surface area contributed by atoms with Crippen molar-refractivity contribution < 1.29 is 57.4 Å². The number of aryl methyl sites for hydroxylation is 4. The summed E-state index contributed by atoms with van der Waals surface area (Å²) in [5.41, 5.74) is 20.5. The molecule has 0 unspecified atom stereocenters. The van der Waals surface area contributed by atoms with Gasteiger partial charge in [0.2, 0.25) is 40.1 Å². The Morgan fingerprint density at radius 1 is 0.321 bits per heavy atom. The average molecular weight is 1860 g/mol. The fourth-order valence-corrected chi connectivity index (χ4v) is 26.8. The number of hydrogen-bond donors (Lipinski definition) is 1. The molecule has 0 bridgehead atoms. The van der Waals surface area contributed by atoms with Gasteiger partial charge in [0.05, 0.1) is 49.6 Å². The normalized spacial score (nSPS) is 24.5. The maximum Gasteiger partial charge on any atom is 0.243 e. The highest BCUT2D eigenvalue weighted by Crippen LogP contribution is 2.49. The zero-order valence-electron chi connectivity index (χ0n) is 77.3. The van der Waals surface area contributed by atoms with Crippen LogP contribution < -0.4 is 0 Å². The number of aliphatic hydroxyl groups excluding tert-OH is 1. The lowest BCUT2D eigenvalue weighted by molar-refractivity contribution is -0.0635. The second-order valence-corrected chi connectivity index (χ2v) is 44.7. The number of rotatable bonds is 22. The largest absolute Gasteiger partial charge is 0.395 e. The Morgan fingerprint density at radius 2 is 0.588 bits per heavy atom. The third-order valence-electron chi connectivity index (χ3n) is 28.8. The fourth-order valence-electron chi connectivity index (χ4n) is 21.9. The average Bonchev–Trinajstić information content (AvgIpc) is 0.746. The van der Waals surface area contributed by atoms with Crippen molar-refractivity contribution in [2.24, 2.45) is 0 Å². The van der Waals surface area contributed by atoms with Gasteiger partial charge < -0.3 is 19.3 Å². The van der Waals surface area contributed by atoms with Gasteiger partial charge in [-0.2, -0.15) is 4.31 Å². The number of ether oxygens (including phenoxy) is 3. The number of methoxy groups -OCH3 is 3. The van der Waals surface area contributed by atoms with Crippen molar-refractivity contribution in [2.45, 2.75) is 162 Å². The molecule has 0 radical (unpaired) electrons. The predicted molar refractivity (Wildman–Crippen MR) is 523 cm³/mol. The van der Waals surface area contributed by atoms with Crippen LogP contribution in [0.25, 0.3) is 44.5 Å². The number of sulfonamides is 4. The molecule has 25 heteroatoms. The summed E-state index contributed by atoms with van der Waals surface area (Å²) in [5, 5.41) is 10.0. The van der Waals surface area contributed by atoms with E-state index in [4.69, 9.17) is 14.2 Å². The Kier molecular flexibility index (Phi) is 32.2. The highest BCUT2D eigenvalue weighted by atomic mass is 32.2. The van der Waals surface area contributed by atoms with Gasteiger partial charge in [-0.15, -0.1) is 0 Å². The summed E-state index contributed by atoms with van der Waals surface area (Å²) >= 11 is 0. The van der Waals surface area contributed by atoms with E-state index in [0.29, 0.717) is 78.2 Å². The first kappa shape index (κ1) is 97.0. The van der Waals surface area contributed by atoms with Gasteiger partial charge in [-0.25, -0.2) is 51.0 Å². The minimum absolute atomic E-state index is 0.0534. The van der Waals surface area contributed by atoms with Crippen LogP contribution >= 0.6 is 0 Å². The molecule has 131 heavy (non-hydrogen) atoms. The van der Waals surface area contributed by atoms with Gasteiger partial charge in [0.15, 0.2) is 0 Å². The number of fused-ring (bicyclic) bond motifs is 4. The molecular formula is C106H131FN8O12S4. The number of benzene rings is 10. The number of aliphatic hydroxyl groups is 1. The molecule has 8 aliphatic rings. The molecule has 0 spiro atoms. The zero-order chi connectivity index (χ0) is 92.3. The van der Waals surface area contributed by atoms with E-state index in [9.17, 15) is 43.2 Å². The van der Waals surface area contributed by atoms with E-state index in [1.807, 2.05) is 42.5 Å². The van der Waals surface area contributed by atoms with Crippen LogP contribution in [0.2, 0.25) is 0 Å². The van der Waals surface area contributed by atoms with Crippen molar-refractivity contribution in [2.75, 3.05) is 139 Å². The van der Waals surface area contributed by atoms with Gasteiger partial charge in [0, 0.05) is 146 Å². The Morgan fingerprint density at radius 3 is 0.893 bits per heavy atom. The van der Waals surface area contributed by atoms with Crippen molar-refractivity contribution in [3.63, 3.8) is 0 Å². The van der Waals surface area contributed by atoms with Crippen molar-refractivity contribution in [3.8, 4) is 44.5 Å². The summed E-state index contributed by atoms with van der Waals surface area (Å²) in [6.07, 6.45) is 9.96. The van der Waals surface area contributed by atoms with E-state index in [2.05, 4.69) is 229 Å². The molecule has 8 heterocycles. The Labute approximate surface area is 778 Å². The highest BCUT2D eigenvalue weighted by Gasteiger charge is 2.55. The van der Waals surface area contributed by atoms with E-state index in [0.717, 1.165) is 83.1 Å². The standard InChI is InChI=1S/C30H36N2O3S.C29H33FN2O3S.C24H32N2O3S.C23H30N2O3S/c1-23-10-6-7-13-27(23)25-14-16-26(17-15-25)30-28-20-31(18-8-9-19-32(28)29(30)21-35-2)36(33,34)22-24-11-4-3-5-12-24;1-21-7-3-4-8-26(21)22-9-11-23(12-10-22)29-27-19-31(17-5-6-18-32(27)28(29)20-35-2)36(33,34)25-15-13-24(30)14-16-25;1-18-8-4-5-9-21(18)19-10-12-20(13-11-19)24-22-16-25(30(3,27)28)14-6-7-15-26(22)23(24)17-29-2;1-17-7-3-4-8-20(17)18-9-11-19(12-10-18)23-21-15-24(29(2,27)28)13-5-6-14-25(21)22(23)16-26/h3-7,10-17,28-30H,8-9,18-22H2,1-2H3;3-4,7-16,27-29H,5-6,17-20H2,1-2H3;4-5,8-13,22-24H,6-7,14-17H2,1-3H3;3-4,7-12,21-23,26H,5-6,13-16H2,1-2H3/t28-,29+,30+;27-,28+,29+;22-,23+,24+;21-,22+,23+/m0000/s1. The number of nitrogens with zero attached hydrogens (tertiary/aromatic N) is 8. The molecule has 8 saturated heterocycles. The molecule has 12 atom stereocenters. The molecular weight excluding hydrogens is 1720 g/mol. The maximum absolute atomic E-state index is 13.5. The molecule has 0 saturated carbocycles. The molecule has 10 aromatic rings. The van der Waals surface area contributed by atoms with Crippen LogP contribution in [0.1, 0.15) is 125 Å². The van der Waals surface area contributed by atoms with Crippen LogP contribution in [-0.2, 0) is 60.1 Å². The molecule has 20 nitrogen and oxygen atoms in total. The topological polar surface area (TPSA) is 210 Å². The van der Waals surface area contributed by atoms with Crippen LogP contribution in [0.15, 0.2) is 254 Å². The van der Waals surface area contributed by atoms with Gasteiger partial charge >= 0.3 is 0 Å². The molecule has 1 N–H and O–H groups in total. The van der Waals surface area contributed by atoms with Crippen LogP contribution in [-0.4, -0.2) is 263 Å². The molecule has 10 aromatic carbocycles. The summed E-state index contributed by atoms with van der Waals surface area (Å²) in [7, 11) is -8.31. The van der Waals surface area contributed by atoms with Crippen molar-refractivity contribution in [3.05, 3.63) is 305 Å². The van der Waals surface area contributed by atoms with Gasteiger partial charge in [0.25, 0.3) is 0 Å². The van der Waals surface area contributed by atoms with Gasteiger partial charge in [-0.05, 0) is 224 Å². The van der Waals surface area contributed by atoms with E-state index in [-0.39, 0.29) is 83.2 Å². The molecule has 18 rings (SSSR count). The second-order valence-electron chi connectivity index (χ2n) is 36.9. The van der Waals surface area contributed by atoms with Crippen LogP contribution in [0, 0.1) is 33.5 Å². The lowest BCUT2D eigenvalue weighted by Gasteiger charge is -2.57. The second kappa shape index (κ2) is 43.4. The van der Waals surface area contributed by atoms with E-state index >= 15 is 0 Å². The van der Waals surface area contributed by atoms with Gasteiger partial charge in [0.1, 0.15) is 5.82 Å². The summed E-state index contributed by atoms with van der Waals surface area (Å²) in [4.78, 5) is 9.80. The SMILES string of the molecule is COC[C@@H]1[C@H](c2ccc(-c3ccccc3C)cc2)[C@@H]2CN(S(=O)(=O)Cc3ccccc3)CCCCN12.COC[C@@H]1[C@H](c2ccc(-c3ccccc3C)cc2)[C@@H]2CN(S(=O)(=O)c3ccc(F)cc3)CCCCN12.COC[C@@H]1[C@H](c2ccc(-c3ccccc3C)cc2)[C@@H]2CN(S(C)(=O)=O)CCCCN12.Cc1ccccc1-c1ccc([C@H]2[C@@H](CO)N3CCCCN(S(C)(=O)=O)C[C@@H]23)cc1. The highest BCUT2D eigenvalue weighted by molar-refractivity contribution is 7.89. The quantitative estimate of drug-likeness (QED) is 0.0669. The minimum atomic E-state index is -3.71. The molecule has 8 fully saturated rings. The molecule has 0 aliphatic carbocycles. The van der Waals surface area contributed by atoms with E-state index in [1.54, 1.807) is 38.6 Å². The summed E-state index contributed by atoms with van der Waals surface area (Å²) < 4.78 is 140. The summed E-state index contributed by atoms with van der Waals surface area (Å²) in [6.45, 7) is 18.6. The Hall–Kier alpha value is -8.55. The molecule has 0 aromatic heterocycles. The fraction of sp³-hybridized carbons (Fsp3) is 0.434. The van der Waals surface area contributed by atoms with Crippen LogP contribution in [0.4, 0.5) is 4.39 Å². The first-order valence-corrected chi connectivity index (χ1v) is 53.3. The first-order chi connectivity index (χ1) is 63.2. The molecule has 8 aliphatic heterocycles. The minimum Gasteiger partial charge on any atom is -0.395 e. The molecule has 0 amide bonds.